The van der Waals surface area contributed by atoms with Gasteiger partial charge in [0.1, 0.15) is 5.75 Å². The lowest BCUT2D eigenvalue weighted by Gasteiger charge is -2.29. The standard InChI is InChI=1S/C19H19ClF3NO9/c1-10-7-14-12(11(2)15(10)20)8-13(16(33-14)19(21,22)23)17(25)30-9-31-18(26)29-5-3-4-6-32-24(27)28/h7-8,16H,3-6,9H2,1-2H3. The number of alkyl halides is 3. The second kappa shape index (κ2) is 11.1. The number of fused-ring (bicyclic) bond motifs is 1. The van der Waals surface area contributed by atoms with Gasteiger partial charge in [0.25, 0.3) is 5.09 Å². The summed E-state index contributed by atoms with van der Waals surface area (Å²) in [4.78, 5) is 37.8. The van der Waals surface area contributed by atoms with Crippen LogP contribution in [-0.2, 0) is 23.8 Å². The fourth-order valence-electron chi connectivity index (χ4n) is 2.80. The van der Waals surface area contributed by atoms with Crippen LogP contribution in [0, 0.1) is 24.0 Å². The van der Waals surface area contributed by atoms with Crippen molar-refractivity contribution >= 4 is 29.8 Å². The minimum atomic E-state index is -4.93. The van der Waals surface area contributed by atoms with Crippen molar-refractivity contribution in [3.05, 3.63) is 43.5 Å². The number of unbranched alkanes of at least 4 members (excludes halogenated alkanes) is 1. The number of aryl methyl sites for hydroxylation is 1. The Kier molecular flexibility index (Phi) is 8.74. The summed E-state index contributed by atoms with van der Waals surface area (Å²) < 4.78 is 59.3. The van der Waals surface area contributed by atoms with Crippen molar-refractivity contribution < 1.29 is 51.6 Å². The molecule has 2 rings (SSSR count). The predicted molar refractivity (Wildman–Crippen MR) is 105 cm³/mol. The average molecular weight is 498 g/mol. The third-order valence-corrected chi connectivity index (χ3v) is 4.96. The smallest absolute Gasteiger partial charge is 0.475 e. The number of carbonyl (C=O) groups excluding carboxylic acids is 2. The number of hydrogen-bond donors (Lipinski definition) is 0. The van der Waals surface area contributed by atoms with E-state index >= 15 is 0 Å². The summed E-state index contributed by atoms with van der Waals surface area (Å²) in [6, 6.07) is 1.34. The molecule has 0 N–H and O–H groups in total. The van der Waals surface area contributed by atoms with E-state index in [0.29, 0.717) is 16.1 Å². The molecular weight excluding hydrogens is 479 g/mol. The molecule has 0 amide bonds. The summed E-state index contributed by atoms with van der Waals surface area (Å²) in [5.41, 5.74) is 0.270. The van der Waals surface area contributed by atoms with Crippen LogP contribution < -0.4 is 4.74 Å². The van der Waals surface area contributed by atoms with E-state index in [-0.39, 0.29) is 37.4 Å². The first-order valence-corrected chi connectivity index (χ1v) is 9.78. The Hall–Kier alpha value is -3.22. The molecule has 0 fully saturated rings. The van der Waals surface area contributed by atoms with E-state index in [1.54, 1.807) is 13.8 Å². The van der Waals surface area contributed by atoms with Crippen molar-refractivity contribution in [2.24, 2.45) is 0 Å². The van der Waals surface area contributed by atoms with Gasteiger partial charge in [-0.1, -0.05) is 11.6 Å². The normalized spacial score (nSPS) is 15.0. The minimum Gasteiger partial charge on any atom is -0.475 e. The Balaban J connectivity index is 1.96. The summed E-state index contributed by atoms with van der Waals surface area (Å²) >= 11 is 6.14. The molecule has 0 aromatic heterocycles. The zero-order chi connectivity index (χ0) is 24.8. The van der Waals surface area contributed by atoms with E-state index in [4.69, 9.17) is 16.3 Å². The first kappa shape index (κ1) is 26.0. The summed E-state index contributed by atoms with van der Waals surface area (Å²) in [6.07, 6.45) is -7.34. The van der Waals surface area contributed by atoms with Crippen LogP contribution in [0.5, 0.6) is 5.75 Å². The molecule has 10 nitrogen and oxygen atoms in total. The molecule has 1 atom stereocenters. The molecule has 0 spiro atoms. The molecule has 33 heavy (non-hydrogen) atoms. The number of rotatable bonds is 9. The van der Waals surface area contributed by atoms with Crippen LogP contribution in [0.25, 0.3) is 6.08 Å². The highest BCUT2D eigenvalue weighted by molar-refractivity contribution is 6.32. The minimum absolute atomic E-state index is 0.0864. The number of nitrogens with zero attached hydrogens (tertiary/aromatic N) is 1. The van der Waals surface area contributed by atoms with Gasteiger partial charge in [0.15, 0.2) is 0 Å². The lowest BCUT2D eigenvalue weighted by Crippen LogP contribution is -2.41. The van der Waals surface area contributed by atoms with Crippen molar-refractivity contribution in [1.82, 2.24) is 0 Å². The monoisotopic (exact) mass is 497 g/mol. The lowest BCUT2D eigenvalue weighted by molar-refractivity contribution is -0.757. The van der Waals surface area contributed by atoms with E-state index in [1.165, 1.54) is 6.07 Å². The summed E-state index contributed by atoms with van der Waals surface area (Å²) in [7, 11) is 0. The van der Waals surface area contributed by atoms with E-state index in [0.717, 1.165) is 6.08 Å². The van der Waals surface area contributed by atoms with Crippen molar-refractivity contribution in [3.63, 3.8) is 0 Å². The Labute approximate surface area is 190 Å². The van der Waals surface area contributed by atoms with Crippen molar-refractivity contribution in [3.8, 4) is 5.75 Å². The highest BCUT2D eigenvalue weighted by atomic mass is 35.5. The maximum atomic E-state index is 13.5. The van der Waals surface area contributed by atoms with Gasteiger partial charge in [-0.3, -0.25) is 0 Å². The maximum absolute atomic E-state index is 13.5. The largest absolute Gasteiger partial charge is 0.511 e. The molecule has 1 unspecified atom stereocenters. The average Bonchev–Trinajstić information content (AvgIpc) is 2.73. The topological polar surface area (TPSA) is 123 Å². The molecule has 1 heterocycles. The van der Waals surface area contributed by atoms with Crippen LogP contribution >= 0.6 is 11.6 Å². The number of halogens is 4. The third-order valence-electron chi connectivity index (χ3n) is 4.37. The molecule has 1 aromatic carbocycles. The molecule has 1 aliphatic heterocycles. The predicted octanol–water partition coefficient (Wildman–Crippen LogP) is 4.31. The summed E-state index contributed by atoms with van der Waals surface area (Å²) in [5, 5.41) is 9.31. The number of ether oxygens (including phenoxy) is 4. The SMILES string of the molecule is Cc1cc2c(c(C)c1Cl)C=C(C(=O)OCOC(=O)OCCCCO[N+](=O)[O-])C(C(F)(F)F)O2. The molecular formula is C19H19ClF3NO9. The molecule has 0 saturated carbocycles. The quantitative estimate of drug-likeness (QED) is 0.161. The molecule has 0 radical (unpaired) electrons. The number of carbonyl (C=O) groups is 2. The number of hydrogen-bond acceptors (Lipinski definition) is 9. The van der Waals surface area contributed by atoms with Gasteiger partial charge in [-0.05, 0) is 50.0 Å². The molecule has 14 heteroatoms. The molecule has 182 valence electrons. The fourth-order valence-corrected chi connectivity index (χ4v) is 2.96. The van der Waals surface area contributed by atoms with Crippen molar-refractivity contribution in [2.45, 2.75) is 39.0 Å². The van der Waals surface area contributed by atoms with Crippen molar-refractivity contribution in [1.29, 1.82) is 0 Å². The Morgan fingerprint density at radius 2 is 1.85 bits per heavy atom. The first-order valence-electron chi connectivity index (χ1n) is 9.40. The van der Waals surface area contributed by atoms with Gasteiger partial charge >= 0.3 is 18.3 Å². The zero-order valence-corrected chi connectivity index (χ0v) is 18.2. The van der Waals surface area contributed by atoms with Crippen LogP contribution in [0.3, 0.4) is 0 Å². The van der Waals surface area contributed by atoms with Crippen LogP contribution in [-0.4, -0.2) is 49.5 Å². The van der Waals surface area contributed by atoms with Crippen LogP contribution in [0.2, 0.25) is 5.02 Å². The zero-order valence-electron chi connectivity index (χ0n) is 17.4. The van der Waals surface area contributed by atoms with Gasteiger partial charge < -0.3 is 23.8 Å². The van der Waals surface area contributed by atoms with E-state index in [9.17, 15) is 32.9 Å². The Morgan fingerprint density at radius 3 is 2.48 bits per heavy atom. The summed E-state index contributed by atoms with van der Waals surface area (Å²) in [5.74, 6) is -1.50. The van der Waals surface area contributed by atoms with Crippen LogP contribution in [0.15, 0.2) is 11.6 Å². The van der Waals surface area contributed by atoms with Crippen molar-refractivity contribution in [2.75, 3.05) is 20.0 Å². The molecule has 1 aromatic rings. The first-order chi connectivity index (χ1) is 15.4. The summed E-state index contributed by atoms with van der Waals surface area (Å²) in [6.45, 7) is 1.80. The van der Waals surface area contributed by atoms with Gasteiger partial charge in [-0.15, -0.1) is 10.1 Å². The van der Waals surface area contributed by atoms with Gasteiger partial charge in [-0.25, -0.2) is 9.59 Å². The number of benzene rings is 1. The highest BCUT2D eigenvalue weighted by Gasteiger charge is 2.49. The second-order valence-electron chi connectivity index (χ2n) is 6.74. The molecule has 0 saturated heterocycles. The molecule has 0 bridgehead atoms. The van der Waals surface area contributed by atoms with E-state index < -0.39 is 41.9 Å². The van der Waals surface area contributed by atoms with Gasteiger partial charge in [-0.2, -0.15) is 13.2 Å². The number of esters is 1. The lowest BCUT2D eigenvalue weighted by atomic mass is 9.96. The van der Waals surface area contributed by atoms with Crippen LogP contribution in [0.4, 0.5) is 18.0 Å². The van der Waals surface area contributed by atoms with Crippen LogP contribution in [0.1, 0.15) is 29.5 Å². The molecule has 0 aliphatic carbocycles. The maximum Gasteiger partial charge on any atom is 0.511 e. The second-order valence-corrected chi connectivity index (χ2v) is 7.12. The Morgan fingerprint density at radius 1 is 1.18 bits per heavy atom. The van der Waals surface area contributed by atoms with Gasteiger partial charge in [0.2, 0.25) is 12.9 Å². The molecule has 1 aliphatic rings. The fraction of sp³-hybridized carbons (Fsp3) is 0.474. The third kappa shape index (κ3) is 7.14. The highest BCUT2D eigenvalue weighted by Crippen LogP contribution is 2.41. The van der Waals surface area contributed by atoms with Gasteiger partial charge in [0, 0.05) is 10.6 Å². The van der Waals surface area contributed by atoms with E-state index in [1.807, 2.05) is 0 Å². The van der Waals surface area contributed by atoms with Gasteiger partial charge in [0.05, 0.1) is 18.8 Å². The Bertz CT molecular complexity index is 949. The van der Waals surface area contributed by atoms with E-state index in [2.05, 4.69) is 19.0 Å².